The van der Waals surface area contributed by atoms with E-state index in [1.54, 1.807) is 67.8 Å². The first-order valence-electron chi connectivity index (χ1n) is 12.5. The molecule has 0 saturated carbocycles. The summed E-state index contributed by atoms with van der Waals surface area (Å²) >= 11 is 6.33. The number of rotatable bonds is 10. The van der Waals surface area contributed by atoms with Gasteiger partial charge in [0.05, 0.1) is 28.7 Å². The molecule has 9 nitrogen and oxygen atoms in total. The molecule has 1 aromatic heterocycles. The second kappa shape index (κ2) is 15.0. The predicted octanol–water partition coefficient (Wildman–Crippen LogP) is 5.68. The Kier molecular flexibility index (Phi) is 11.4. The molecule has 206 valence electrons. The quantitative estimate of drug-likeness (QED) is 0.252. The van der Waals surface area contributed by atoms with Crippen molar-refractivity contribution < 1.29 is 23.7 Å². The highest BCUT2D eigenvalue weighted by Crippen LogP contribution is 2.25. The molecule has 0 radical (unpaired) electrons. The van der Waals surface area contributed by atoms with E-state index in [1.807, 2.05) is 26.8 Å². The third-order valence-electron chi connectivity index (χ3n) is 5.37. The van der Waals surface area contributed by atoms with Crippen molar-refractivity contribution in [3.8, 4) is 11.4 Å². The smallest absolute Gasteiger partial charge is 0.271 e. The van der Waals surface area contributed by atoms with Crippen molar-refractivity contribution in [2.75, 3.05) is 32.2 Å². The van der Waals surface area contributed by atoms with E-state index < -0.39 is 6.48 Å². The topological polar surface area (TPSA) is 101 Å². The lowest BCUT2D eigenvalue weighted by molar-refractivity contribution is -0.282. The van der Waals surface area contributed by atoms with Crippen LogP contribution in [0.2, 0.25) is 5.02 Å². The molecule has 0 fully saturated rings. The number of amides is 1. The van der Waals surface area contributed by atoms with Gasteiger partial charge in [-0.3, -0.25) is 14.2 Å². The van der Waals surface area contributed by atoms with Crippen molar-refractivity contribution in [1.82, 2.24) is 9.55 Å². The Bertz CT molecular complexity index is 1410. The monoisotopic (exact) mass is 553 g/mol. The maximum absolute atomic E-state index is 13.0. The number of nitrogens with one attached hydrogen (secondary N) is 1. The molecule has 0 aliphatic heterocycles. The van der Waals surface area contributed by atoms with Crippen LogP contribution in [-0.4, -0.2) is 48.9 Å². The lowest BCUT2D eigenvalue weighted by Crippen LogP contribution is -2.20. The van der Waals surface area contributed by atoms with Gasteiger partial charge in [0.15, 0.2) is 0 Å². The van der Waals surface area contributed by atoms with Crippen LogP contribution < -0.4 is 15.6 Å². The summed E-state index contributed by atoms with van der Waals surface area (Å²) in [7, 11) is 1.55. The molecule has 0 spiro atoms. The molecular weight excluding hydrogens is 522 g/mol. The molecule has 10 heteroatoms. The summed E-state index contributed by atoms with van der Waals surface area (Å²) in [5.41, 5.74) is 1.72. The number of methoxy groups -OCH3 is 1. The van der Waals surface area contributed by atoms with Gasteiger partial charge in [0, 0.05) is 37.1 Å². The largest absolute Gasteiger partial charge is 0.497 e. The van der Waals surface area contributed by atoms with Gasteiger partial charge in [0.1, 0.15) is 12.1 Å². The highest BCUT2D eigenvalue weighted by atomic mass is 35.5. The summed E-state index contributed by atoms with van der Waals surface area (Å²) in [5, 5.41) is 3.61. The fourth-order valence-electron chi connectivity index (χ4n) is 3.52. The van der Waals surface area contributed by atoms with Gasteiger partial charge >= 0.3 is 0 Å². The minimum atomic E-state index is -0.472. The second-order valence-electron chi connectivity index (χ2n) is 7.94. The van der Waals surface area contributed by atoms with Gasteiger partial charge in [-0.15, -0.1) is 0 Å². The van der Waals surface area contributed by atoms with Crippen molar-refractivity contribution in [2.24, 2.45) is 0 Å². The van der Waals surface area contributed by atoms with E-state index in [1.165, 1.54) is 10.9 Å². The van der Waals surface area contributed by atoms with Gasteiger partial charge in [-0.1, -0.05) is 29.8 Å². The van der Waals surface area contributed by atoms with E-state index in [9.17, 15) is 9.59 Å². The van der Waals surface area contributed by atoms with Crippen LogP contribution in [0.4, 0.5) is 5.69 Å². The van der Waals surface area contributed by atoms with Crippen molar-refractivity contribution in [1.29, 1.82) is 0 Å². The van der Waals surface area contributed by atoms with Crippen molar-refractivity contribution in [2.45, 2.75) is 27.2 Å². The van der Waals surface area contributed by atoms with E-state index in [4.69, 9.17) is 30.5 Å². The predicted molar refractivity (Wildman–Crippen MR) is 152 cm³/mol. The first kappa shape index (κ1) is 29.8. The summed E-state index contributed by atoms with van der Waals surface area (Å²) in [6.45, 7) is 7.10. The van der Waals surface area contributed by atoms with Crippen LogP contribution in [0.5, 0.6) is 5.75 Å². The van der Waals surface area contributed by atoms with Crippen LogP contribution in [-0.2, 0) is 14.2 Å². The molecule has 1 amide bonds. The average Bonchev–Trinajstić information content (AvgIpc) is 2.95. The molecule has 3 aromatic carbocycles. The van der Waals surface area contributed by atoms with Crippen LogP contribution in [0.25, 0.3) is 16.6 Å². The molecule has 0 aliphatic carbocycles. The summed E-state index contributed by atoms with van der Waals surface area (Å²) in [4.78, 5) is 29.7. The standard InChI is InChI=1S/C22H16ClN3O3.C7H16O3/c1-29-16-8-9-17-19(12-16)24-13-26(22(17)28)20-11-15(7-10-18(20)23)25-21(27)14-5-3-2-4-6-14;1-4-8-7(9-5-2)10-6-3/h2-13H,1H3,(H,25,27);7H,4-6H2,1-3H3. The van der Waals surface area contributed by atoms with Gasteiger partial charge in [-0.25, -0.2) is 4.98 Å². The number of anilines is 1. The number of benzene rings is 3. The number of carbonyl (C=O) groups excluding carboxylic acids is 1. The number of fused-ring (bicyclic) bond motifs is 1. The van der Waals surface area contributed by atoms with E-state index in [2.05, 4.69) is 10.3 Å². The number of halogens is 1. The minimum Gasteiger partial charge on any atom is -0.497 e. The second-order valence-corrected chi connectivity index (χ2v) is 8.35. The third-order valence-corrected chi connectivity index (χ3v) is 5.69. The zero-order valence-corrected chi connectivity index (χ0v) is 23.1. The summed E-state index contributed by atoms with van der Waals surface area (Å²) < 4.78 is 21.8. The zero-order chi connectivity index (χ0) is 28.2. The third kappa shape index (κ3) is 8.11. The van der Waals surface area contributed by atoms with E-state index in [0.29, 0.717) is 58.4 Å². The highest BCUT2D eigenvalue weighted by Gasteiger charge is 2.12. The van der Waals surface area contributed by atoms with E-state index in [0.717, 1.165) is 0 Å². The molecule has 0 bridgehead atoms. The summed E-state index contributed by atoms with van der Waals surface area (Å²) in [6, 6.07) is 18.9. The first-order chi connectivity index (χ1) is 18.9. The van der Waals surface area contributed by atoms with Crippen molar-refractivity contribution >= 4 is 34.1 Å². The molecule has 0 atom stereocenters. The van der Waals surface area contributed by atoms with Crippen molar-refractivity contribution in [3.05, 3.63) is 94.0 Å². The molecular formula is C29H32ClN3O6. The fourth-order valence-corrected chi connectivity index (χ4v) is 3.73. The Morgan fingerprint density at radius 2 is 1.62 bits per heavy atom. The number of hydrogen-bond donors (Lipinski definition) is 1. The van der Waals surface area contributed by atoms with Gasteiger partial charge in [-0.05, 0) is 63.2 Å². The number of carbonyl (C=O) groups is 1. The summed E-state index contributed by atoms with van der Waals surface area (Å²) in [6.07, 6.45) is 1.41. The molecule has 0 unspecified atom stereocenters. The Balaban J connectivity index is 0.000000360. The molecule has 4 rings (SSSR count). The number of hydrogen-bond acceptors (Lipinski definition) is 7. The van der Waals surface area contributed by atoms with E-state index >= 15 is 0 Å². The SMILES string of the molecule is CCOC(OCC)OCC.COc1ccc2c(=O)n(-c3cc(NC(=O)c4ccccc4)ccc3Cl)cnc2c1. The van der Waals surface area contributed by atoms with Crippen molar-refractivity contribution in [3.63, 3.8) is 0 Å². The van der Waals surface area contributed by atoms with E-state index in [-0.39, 0.29) is 11.5 Å². The fraction of sp³-hybridized carbons (Fsp3) is 0.276. The Morgan fingerprint density at radius 1 is 0.949 bits per heavy atom. The summed E-state index contributed by atoms with van der Waals surface area (Å²) in [5.74, 6) is 0.362. The Labute approximate surface area is 232 Å². The van der Waals surface area contributed by atoms with Crippen LogP contribution in [0.15, 0.2) is 77.9 Å². The Hall–Kier alpha value is -3.76. The highest BCUT2D eigenvalue weighted by molar-refractivity contribution is 6.32. The molecule has 1 heterocycles. The molecule has 39 heavy (non-hydrogen) atoms. The zero-order valence-electron chi connectivity index (χ0n) is 22.3. The van der Waals surface area contributed by atoms with Gasteiger partial charge in [0.25, 0.3) is 17.9 Å². The lowest BCUT2D eigenvalue weighted by atomic mass is 10.2. The van der Waals surface area contributed by atoms with Crippen LogP contribution in [0.1, 0.15) is 31.1 Å². The molecule has 0 saturated heterocycles. The molecule has 0 aliphatic rings. The lowest BCUT2D eigenvalue weighted by Gasteiger charge is -2.15. The molecule has 4 aromatic rings. The van der Waals surface area contributed by atoms with Crippen LogP contribution in [0.3, 0.4) is 0 Å². The number of ether oxygens (including phenoxy) is 4. The number of aromatic nitrogens is 2. The number of nitrogens with zero attached hydrogens (tertiary/aromatic N) is 2. The van der Waals surface area contributed by atoms with Crippen LogP contribution >= 0.6 is 11.6 Å². The minimum absolute atomic E-state index is 0.255. The van der Waals surface area contributed by atoms with Crippen LogP contribution in [0, 0.1) is 0 Å². The van der Waals surface area contributed by atoms with Gasteiger partial charge < -0.3 is 24.3 Å². The average molecular weight is 554 g/mol. The normalized spacial score (nSPS) is 10.7. The first-order valence-corrected chi connectivity index (χ1v) is 12.9. The maximum atomic E-state index is 13.0. The maximum Gasteiger partial charge on any atom is 0.271 e. The van der Waals surface area contributed by atoms with Gasteiger partial charge in [-0.2, -0.15) is 0 Å². The molecule has 1 N–H and O–H groups in total. The van der Waals surface area contributed by atoms with Gasteiger partial charge in [0.2, 0.25) is 0 Å². The Morgan fingerprint density at radius 3 is 2.23 bits per heavy atom.